The Labute approximate surface area is 244 Å². The van der Waals surface area contributed by atoms with Crippen LogP contribution in [0.5, 0.6) is 5.75 Å². The number of esters is 1. The van der Waals surface area contributed by atoms with Crippen molar-refractivity contribution in [2.24, 2.45) is 7.05 Å². The molecule has 5 rings (SSSR count). The zero-order valence-electron chi connectivity index (χ0n) is 22.6. The Bertz CT molecular complexity index is 1710. The van der Waals surface area contributed by atoms with E-state index in [4.69, 9.17) is 21.1 Å². The van der Waals surface area contributed by atoms with Crippen molar-refractivity contribution in [1.82, 2.24) is 14.7 Å². The summed E-state index contributed by atoms with van der Waals surface area (Å²) < 4.78 is 41.1. The van der Waals surface area contributed by atoms with Gasteiger partial charge in [-0.1, -0.05) is 29.8 Å². The number of hydrogen-bond acceptors (Lipinski definition) is 6. The Morgan fingerprint density at radius 2 is 1.90 bits per heavy atom. The molecule has 0 radical (unpaired) electrons. The fourth-order valence-electron chi connectivity index (χ4n) is 4.73. The lowest BCUT2D eigenvalue weighted by Crippen LogP contribution is -2.38. The van der Waals surface area contributed by atoms with Crippen LogP contribution >= 0.6 is 11.6 Å². The highest BCUT2D eigenvalue weighted by atomic mass is 35.5. The molecule has 0 aliphatic carbocycles. The summed E-state index contributed by atoms with van der Waals surface area (Å²) >= 11 is 6.21. The summed E-state index contributed by atoms with van der Waals surface area (Å²) in [5.74, 6) is -2.86. The molecule has 0 bridgehead atoms. The lowest BCUT2D eigenvalue weighted by molar-refractivity contribution is -0.117. The van der Waals surface area contributed by atoms with E-state index in [1.165, 1.54) is 28.9 Å². The van der Waals surface area contributed by atoms with Gasteiger partial charge >= 0.3 is 5.97 Å². The maximum atomic E-state index is 14.6. The normalized spacial score (nSPS) is 11.6. The van der Waals surface area contributed by atoms with Crippen LogP contribution in [0.1, 0.15) is 38.9 Å². The van der Waals surface area contributed by atoms with Crippen molar-refractivity contribution < 1.29 is 32.6 Å². The van der Waals surface area contributed by atoms with Crippen molar-refractivity contribution in [3.63, 3.8) is 0 Å². The minimum atomic E-state index is -0.768. The van der Waals surface area contributed by atoms with Gasteiger partial charge < -0.3 is 19.7 Å². The van der Waals surface area contributed by atoms with E-state index in [-0.39, 0.29) is 42.3 Å². The number of aromatic nitrogens is 2. The van der Waals surface area contributed by atoms with E-state index in [1.807, 2.05) is 0 Å². The van der Waals surface area contributed by atoms with E-state index >= 15 is 0 Å². The number of nitrogens with zero attached hydrogens (tertiary/aromatic N) is 3. The average Bonchev–Trinajstić information content (AvgIpc) is 3.29. The van der Waals surface area contributed by atoms with Crippen molar-refractivity contribution in [1.29, 1.82) is 0 Å². The lowest BCUT2D eigenvalue weighted by Gasteiger charge is -2.23. The molecule has 0 fully saturated rings. The fraction of sp³-hybridized carbons (Fsp3) is 0.200. The molecule has 1 aliphatic heterocycles. The molecule has 3 aromatic carbocycles. The molecule has 0 unspecified atom stereocenters. The van der Waals surface area contributed by atoms with Crippen molar-refractivity contribution in [2.45, 2.75) is 20.1 Å². The summed E-state index contributed by atoms with van der Waals surface area (Å²) in [6, 6.07) is 14.3. The van der Waals surface area contributed by atoms with Gasteiger partial charge in [0.15, 0.2) is 5.69 Å². The van der Waals surface area contributed by atoms with Gasteiger partial charge in [0.1, 0.15) is 30.5 Å². The number of ether oxygens (including phenoxy) is 2. The maximum absolute atomic E-state index is 14.6. The molecule has 12 heteroatoms. The lowest BCUT2D eigenvalue weighted by atomic mass is 10.0. The second-order valence-corrected chi connectivity index (χ2v) is 9.91. The monoisotopic (exact) mass is 594 g/mol. The second kappa shape index (κ2) is 12.0. The van der Waals surface area contributed by atoms with E-state index in [2.05, 4.69) is 10.4 Å². The van der Waals surface area contributed by atoms with Gasteiger partial charge in [-0.25, -0.2) is 13.6 Å². The number of carbonyl (C=O) groups is 3. The first-order valence-corrected chi connectivity index (χ1v) is 13.3. The number of hydrogen-bond donors (Lipinski definition) is 1. The predicted molar refractivity (Wildman–Crippen MR) is 150 cm³/mol. The minimum absolute atomic E-state index is 0.0153. The van der Waals surface area contributed by atoms with Gasteiger partial charge in [-0.15, -0.1) is 0 Å². The first-order valence-electron chi connectivity index (χ1n) is 12.9. The van der Waals surface area contributed by atoms with Gasteiger partial charge in [0.25, 0.3) is 5.91 Å². The van der Waals surface area contributed by atoms with E-state index in [0.717, 1.165) is 17.0 Å². The van der Waals surface area contributed by atoms with Crippen LogP contribution in [0.15, 0.2) is 60.7 Å². The van der Waals surface area contributed by atoms with Crippen molar-refractivity contribution in [3.8, 4) is 17.0 Å². The third-order valence-electron chi connectivity index (χ3n) is 6.55. The Morgan fingerprint density at radius 3 is 2.67 bits per heavy atom. The van der Waals surface area contributed by atoms with Gasteiger partial charge in [0.05, 0.1) is 17.9 Å². The smallest absolute Gasteiger partial charge is 0.338 e. The quantitative estimate of drug-likeness (QED) is 0.275. The van der Waals surface area contributed by atoms with Crippen LogP contribution in [0.3, 0.4) is 0 Å². The number of benzene rings is 3. The maximum Gasteiger partial charge on any atom is 0.338 e. The molecular formula is C30H25ClF2N4O5. The molecule has 1 N–H and O–H groups in total. The molecule has 2 heterocycles. The van der Waals surface area contributed by atoms with Crippen LogP contribution in [-0.2, 0) is 29.7 Å². The number of amides is 2. The Kier molecular flexibility index (Phi) is 8.21. The number of anilines is 1. The largest absolute Gasteiger partial charge is 0.488 e. The van der Waals surface area contributed by atoms with E-state index in [0.29, 0.717) is 27.6 Å². The standard InChI is InChI=1S/C30H25ClF2N4O5/c1-3-41-30(40)18-10-20(32)13-21(11-18)34-26(38)15-37(14-17-6-4-5-7-24(17)33)29(39)27-23-16-42-25-9-8-19(31)12-22(25)28(23)36(2)35-27/h4-13H,3,14-16H2,1-2H3,(H,34,38). The van der Waals surface area contributed by atoms with Gasteiger partial charge in [0.2, 0.25) is 5.91 Å². The minimum Gasteiger partial charge on any atom is -0.488 e. The molecule has 216 valence electrons. The average molecular weight is 595 g/mol. The summed E-state index contributed by atoms with van der Waals surface area (Å²) in [4.78, 5) is 40.3. The van der Waals surface area contributed by atoms with Gasteiger partial charge in [-0.2, -0.15) is 5.10 Å². The van der Waals surface area contributed by atoms with Gasteiger partial charge in [-0.3, -0.25) is 14.3 Å². The summed E-state index contributed by atoms with van der Waals surface area (Å²) in [5, 5.41) is 7.41. The fourth-order valence-corrected chi connectivity index (χ4v) is 4.90. The number of rotatable bonds is 8. The number of halogens is 3. The molecule has 1 aliphatic rings. The Morgan fingerprint density at radius 1 is 1.12 bits per heavy atom. The molecule has 2 amide bonds. The zero-order valence-corrected chi connectivity index (χ0v) is 23.4. The van der Waals surface area contributed by atoms with Crippen LogP contribution in [0.4, 0.5) is 14.5 Å². The predicted octanol–water partition coefficient (Wildman–Crippen LogP) is 5.37. The third kappa shape index (κ3) is 5.96. The van der Waals surface area contributed by atoms with Crippen molar-refractivity contribution >= 4 is 35.1 Å². The van der Waals surface area contributed by atoms with Crippen LogP contribution in [-0.4, -0.2) is 45.6 Å². The number of fused-ring (bicyclic) bond motifs is 3. The highest BCUT2D eigenvalue weighted by Crippen LogP contribution is 2.40. The van der Waals surface area contributed by atoms with Crippen molar-refractivity contribution in [2.75, 3.05) is 18.5 Å². The Hall–Kier alpha value is -4.77. The van der Waals surface area contributed by atoms with E-state index in [9.17, 15) is 23.2 Å². The van der Waals surface area contributed by atoms with Crippen molar-refractivity contribution in [3.05, 3.63) is 99.7 Å². The third-order valence-corrected chi connectivity index (χ3v) is 6.79. The van der Waals surface area contributed by atoms with Gasteiger partial charge in [-0.05, 0) is 49.4 Å². The number of aryl methyl sites for hydroxylation is 1. The highest BCUT2D eigenvalue weighted by molar-refractivity contribution is 6.31. The van der Waals surface area contributed by atoms with Crippen LogP contribution < -0.4 is 10.1 Å². The Balaban J connectivity index is 1.46. The second-order valence-electron chi connectivity index (χ2n) is 9.48. The summed E-state index contributed by atoms with van der Waals surface area (Å²) in [6.45, 7) is 0.946. The molecule has 0 spiro atoms. The van der Waals surface area contributed by atoms with Crippen LogP contribution in [0, 0.1) is 11.6 Å². The van der Waals surface area contributed by atoms with Crippen LogP contribution in [0.2, 0.25) is 5.02 Å². The molecule has 9 nitrogen and oxygen atoms in total. The highest BCUT2D eigenvalue weighted by Gasteiger charge is 2.32. The first kappa shape index (κ1) is 28.7. The summed E-state index contributed by atoms with van der Waals surface area (Å²) in [5.41, 5.74) is 1.86. The molecule has 0 saturated carbocycles. The van der Waals surface area contributed by atoms with E-state index < -0.39 is 36.0 Å². The number of carbonyl (C=O) groups excluding carboxylic acids is 3. The molecular weight excluding hydrogens is 570 g/mol. The van der Waals surface area contributed by atoms with Gasteiger partial charge in [0, 0.05) is 41.0 Å². The SMILES string of the molecule is CCOC(=O)c1cc(F)cc(NC(=O)CN(Cc2ccccc2F)C(=O)c2nn(C)c3c2COc2ccc(Cl)cc2-3)c1. The summed E-state index contributed by atoms with van der Waals surface area (Å²) in [6.07, 6.45) is 0. The molecule has 0 saturated heterocycles. The molecule has 1 aromatic heterocycles. The number of nitrogens with one attached hydrogen (secondary N) is 1. The van der Waals surface area contributed by atoms with Crippen LogP contribution in [0.25, 0.3) is 11.3 Å². The first-order chi connectivity index (χ1) is 20.1. The molecule has 0 atom stereocenters. The zero-order chi connectivity index (χ0) is 30.0. The van der Waals surface area contributed by atoms with E-state index in [1.54, 1.807) is 38.2 Å². The molecule has 42 heavy (non-hydrogen) atoms. The topological polar surface area (TPSA) is 103 Å². The summed E-state index contributed by atoms with van der Waals surface area (Å²) in [7, 11) is 1.67. The molecule has 4 aromatic rings.